The summed E-state index contributed by atoms with van der Waals surface area (Å²) in [4.78, 5) is 21.9. The maximum absolute atomic E-state index is 11.6. The molecule has 0 saturated carbocycles. The van der Waals surface area contributed by atoms with Gasteiger partial charge in [0.1, 0.15) is 0 Å². The first-order valence-corrected chi connectivity index (χ1v) is 7.12. The number of carboxylic acid groups (broad SMARTS) is 1. The number of carboxylic acids is 1. The Hall–Kier alpha value is -1.84. The molecular weight excluding hydrogens is 254 g/mol. The summed E-state index contributed by atoms with van der Waals surface area (Å²) in [5, 5.41) is 11.3. The summed E-state index contributed by atoms with van der Waals surface area (Å²) in [7, 11) is 0. The smallest absolute Gasteiger partial charge is 0.303 e. The van der Waals surface area contributed by atoms with E-state index in [1.54, 1.807) is 0 Å². The lowest BCUT2D eigenvalue weighted by molar-refractivity contribution is -0.137. The van der Waals surface area contributed by atoms with E-state index in [2.05, 4.69) is 29.6 Å². The van der Waals surface area contributed by atoms with Gasteiger partial charge >= 0.3 is 5.97 Å². The third-order valence-corrected chi connectivity index (χ3v) is 3.15. The molecule has 0 aliphatic rings. The minimum Gasteiger partial charge on any atom is -0.481 e. The molecule has 0 bridgehead atoms. The normalized spacial score (nSPS) is 10.2. The van der Waals surface area contributed by atoms with Crippen molar-refractivity contribution in [2.45, 2.75) is 45.4 Å². The van der Waals surface area contributed by atoms with E-state index in [0.29, 0.717) is 19.4 Å². The van der Waals surface area contributed by atoms with Crippen molar-refractivity contribution >= 4 is 11.9 Å². The first kappa shape index (κ1) is 16.2. The van der Waals surface area contributed by atoms with Gasteiger partial charge in [0.15, 0.2) is 0 Å². The molecule has 110 valence electrons. The molecule has 1 aromatic carbocycles. The van der Waals surface area contributed by atoms with Crippen LogP contribution in [0.15, 0.2) is 24.3 Å². The van der Waals surface area contributed by atoms with Crippen molar-refractivity contribution in [1.82, 2.24) is 5.32 Å². The Morgan fingerprint density at radius 2 is 1.75 bits per heavy atom. The Bertz CT molecular complexity index is 426. The van der Waals surface area contributed by atoms with E-state index in [4.69, 9.17) is 5.11 Å². The second-order valence-electron chi connectivity index (χ2n) is 5.04. The zero-order valence-corrected chi connectivity index (χ0v) is 12.0. The molecule has 0 fully saturated rings. The number of carbonyl (C=O) groups is 2. The molecule has 0 aromatic heterocycles. The third kappa shape index (κ3) is 7.56. The average molecular weight is 277 g/mol. The summed E-state index contributed by atoms with van der Waals surface area (Å²) in [6.07, 6.45) is 3.81. The Morgan fingerprint density at radius 1 is 1.05 bits per heavy atom. The van der Waals surface area contributed by atoms with Crippen LogP contribution in [0.25, 0.3) is 0 Å². The summed E-state index contributed by atoms with van der Waals surface area (Å²) in [6.45, 7) is 2.67. The number of amides is 1. The number of benzene rings is 1. The highest BCUT2D eigenvalue weighted by molar-refractivity contribution is 5.76. The van der Waals surface area contributed by atoms with Crippen LogP contribution in [-0.2, 0) is 16.0 Å². The van der Waals surface area contributed by atoms with Crippen molar-refractivity contribution in [1.29, 1.82) is 0 Å². The fraction of sp³-hybridized carbons (Fsp3) is 0.500. The lowest BCUT2D eigenvalue weighted by Gasteiger charge is -2.05. The second-order valence-corrected chi connectivity index (χ2v) is 5.04. The van der Waals surface area contributed by atoms with Crippen molar-refractivity contribution < 1.29 is 14.7 Å². The number of rotatable bonds is 9. The van der Waals surface area contributed by atoms with Gasteiger partial charge in [0.05, 0.1) is 0 Å². The molecular formula is C16H23NO3. The van der Waals surface area contributed by atoms with Crippen molar-refractivity contribution in [3.8, 4) is 0 Å². The van der Waals surface area contributed by atoms with Crippen molar-refractivity contribution in [2.24, 2.45) is 0 Å². The summed E-state index contributed by atoms with van der Waals surface area (Å²) >= 11 is 0. The molecule has 4 heteroatoms. The van der Waals surface area contributed by atoms with Crippen LogP contribution in [0.3, 0.4) is 0 Å². The first-order valence-electron chi connectivity index (χ1n) is 7.12. The second kappa shape index (κ2) is 9.13. The maximum atomic E-state index is 11.6. The predicted molar refractivity (Wildman–Crippen MR) is 78.6 cm³/mol. The lowest BCUT2D eigenvalue weighted by Crippen LogP contribution is -2.24. The van der Waals surface area contributed by atoms with E-state index in [1.807, 2.05) is 6.92 Å². The van der Waals surface area contributed by atoms with Gasteiger partial charge in [-0.15, -0.1) is 0 Å². The minimum absolute atomic E-state index is 0.0591. The lowest BCUT2D eigenvalue weighted by atomic mass is 10.1. The molecule has 0 radical (unpaired) electrons. The highest BCUT2D eigenvalue weighted by Gasteiger charge is 2.02. The van der Waals surface area contributed by atoms with Gasteiger partial charge in [-0.2, -0.15) is 0 Å². The Labute approximate surface area is 120 Å². The van der Waals surface area contributed by atoms with Crippen molar-refractivity contribution in [3.63, 3.8) is 0 Å². The zero-order chi connectivity index (χ0) is 14.8. The molecule has 0 aliphatic carbocycles. The van der Waals surface area contributed by atoms with E-state index in [1.165, 1.54) is 11.1 Å². The number of nitrogens with one attached hydrogen (secondary N) is 1. The van der Waals surface area contributed by atoms with Gasteiger partial charge in [-0.05, 0) is 31.7 Å². The summed E-state index contributed by atoms with van der Waals surface area (Å²) in [5.74, 6) is -0.698. The van der Waals surface area contributed by atoms with E-state index >= 15 is 0 Å². The van der Waals surface area contributed by atoms with Gasteiger partial charge in [0.2, 0.25) is 5.91 Å². The van der Waals surface area contributed by atoms with Crippen LogP contribution < -0.4 is 5.32 Å². The minimum atomic E-state index is -0.757. The number of aliphatic carboxylic acids is 1. The molecule has 0 atom stereocenters. The van der Waals surface area contributed by atoms with E-state index in [0.717, 1.165) is 19.3 Å². The van der Waals surface area contributed by atoms with Crippen LogP contribution in [-0.4, -0.2) is 23.5 Å². The molecule has 1 amide bonds. The number of unbranched alkanes of at least 4 members (excludes halogenated alkanes) is 2. The van der Waals surface area contributed by atoms with Gasteiger partial charge in [-0.3, -0.25) is 9.59 Å². The molecule has 0 spiro atoms. The molecule has 0 unspecified atom stereocenters. The summed E-state index contributed by atoms with van der Waals surface area (Å²) in [6, 6.07) is 8.20. The molecule has 0 saturated heterocycles. The number of hydrogen-bond acceptors (Lipinski definition) is 2. The largest absolute Gasteiger partial charge is 0.481 e. The van der Waals surface area contributed by atoms with Crippen LogP contribution in [0.4, 0.5) is 0 Å². The molecule has 1 aromatic rings. The fourth-order valence-corrected chi connectivity index (χ4v) is 1.91. The van der Waals surface area contributed by atoms with Gasteiger partial charge in [-0.25, -0.2) is 0 Å². The molecule has 0 aliphatic heterocycles. The fourth-order valence-electron chi connectivity index (χ4n) is 1.91. The van der Waals surface area contributed by atoms with Gasteiger partial charge < -0.3 is 10.4 Å². The molecule has 2 N–H and O–H groups in total. The average Bonchev–Trinajstić information content (AvgIpc) is 2.41. The van der Waals surface area contributed by atoms with Gasteiger partial charge in [0.25, 0.3) is 0 Å². The Balaban J connectivity index is 2.06. The quantitative estimate of drug-likeness (QED) is 0.682. The number of hydrogen-bond donors (Lipinski definition) is 2. The third-order valence-electron chi connectivity index (χ3n) is 3.15. The number of aryl methyl sites for hydroxylation is 2. The monoisotopic (exact) mass is 277 g/mol. The summed E-state index contributed by atoms with van der Waals surface area (Å²) < 4.78 is 0. The van der Waals surface area contributed by atoms with E-state index in [9.17, 15) is 9.59 Å². The Morgan fingerprint density at radius 3 is 2.40 bits per heavy atom. The van der Waals surface area contributed by atoms with Crippen molar-refractivity contribution in [3.05, 3.63) is 35.4 Å². The van der Waals surface area contributed by atoms with Crippen LogP contribution >= 0.6 is 0 Å². The Kier molecular flexibility index (Phi) is 7.40. The van der Waals surface area contributed by atoms with Crippen LogP contribution in [0.1, 0.15) is 43.2 Å². The SMILES string of the molecule is Cc1ccc(CCC(=O)NCCCCCC(=O)O)cc1. The zero-order valence-electron chi connectivity index (χ0n) is 12.0. The summed E-state index contributed by atoms with van der Waals surface area (Å²) in [5.41, 5.74) is 2.40. The van der Waals surface area contributed by atoms with Crippen LogP contribution in [0.5, 0.6) is 0 Å². The van der Waals surface area contributed by atoms with Gasteiger partial charge in [0, 0.05) is 19.4 Å². The predicted octanol–water partition coefficient (Wildman–Crippen LogP) is 2.69. The standard InChI is InChI=1S/C16H23NO3/c1-13-6-8-14(9-7-13)10-11-15(18)17-12-4-2-3-5-16(19)20/h6-9H,2-5,10-12H2,1H3,(H,17,18)(H,19,20). The van der Waals surface area contributed by atoms with Crippen molar-refractivity contribution in [2.75, 3.05) is 6.54 Å². The molecule has 4 nitrogen and oxygen atoms in total. The van der Waals surface area contributed by atoms with E-state index in [-0.39, 0.29) is 12.3 Å². The highest BCUT2D eigenvalue weighted by Crippen LogP contribution is 2.05. The number of carbonyl (C=O) groups excluding carboxylic acids is 1. The first-order chi connectivity index (χ1) is 9.58. The van der Waals surface area contributed by atoms with Crippen LogP contribution in [0, 0.1) is 6.92 Å². The van der Waals surface area contributed by atoms with Crippen LogP contribution in [0.2, 0.25) is 0 Å². The molecule has 1 rings (SSSR count). The maximum Gasteiger partial charge on any atom is 0.303 e. The molecule has 20 heavy (non-hydrogen) atoms. The van der Waals surface area contributed by atoms with E-state index < -0.39 is 5.97 Å². The topological polar surface area (TPSA) is 66.4 Å². The highest BCUT2D eigenvalue weighted by atomic mass is 16.4. The van der Waals surface area contributed by atoms with Gasteiger partial charge in [-0.1, -0.05) is 36.2 Å². The molecule has 0 heterocycles.